The van der Waals surface area contributed by atoms with Crippen LogP contribution in [0.4, 0.5) is 62.8 Å². The van der Waals surface area contributed by atoms with Gasteiger partial charge >= 0.3 is 7.12 Å². The second-order valence-electron chi connectivity index (χ2n) is 25.0. The van der Waals surface area contributed by atoms with E-state index in [9.17, 15) is 19.8 Å². The van der Waals surface area contributed by atoms with Gasteiger partial charge in [0.05, 0.1) is 82.8 Å². The minimum absolute atomic E-state index is 0.0636. The monoisotopic (exact) mass is 1470 g/mol. The largest absolute Gasteiger partial charge is 0.496 e. The summed E-state index contributed by atoms with van der Waals surface area (Å²) < 4.78 is 11.9. The van der Waals surface area contributed by atoms with E-state index in [1.807, 2.05) is 169 Å². The zero-order valence-corrected chi connectivity index (χ0v) is 60.9. The number of nitrogens with one attached hydrogen (secondary N) is 3. The molecule has 5 aliphatic heterocycles. The summed E-state index contributed by atoms with van der Waals surface area (Å²) in [5.41, 5.74) is 42.5. The molecule has 24 nitrogen and oxygen atoms in total. The molecular weight excluding hydrogens is 1390 g/mol. The van der Waals surface area contributed by atoms with E-state index in [4.69, 9.17) is 89.4 Å². The van der Waals surface area contributed by atoms with Crippen LogP contribution < -0.4 is 59.9 Å². The number of aliphatic hydroxyl groups excluding tert-OH is 2. The topological polar surface area (TPSA) is 369 Å². The van der Waals surface area contributed by atoms with Gasteiger partial charge in [0.2, 0.25) is 33.6 Å². The normalized spacial score (nSPS) is 15.3. The van der Waals surface area contributed by atoms with Gasteiger partial charge in [-0.2, -0.15) is 0 Å². The summed E-state index contributed by atoms with van der Waals surface area (Å²) in [4.78, 5) is 60.7. The maximum absolute atomic E-state index is 12.2. The van der Waals surface area contributed by atoms with Crippen molar-refractivity contribution in [1.29, 1.82) is 0 Å². The fraction of sp³-hybridized carbons (Fsp3) is 0.270. The first-order valence-electron chi connectivity index (χ1n) is 33.4. The third-order valence-electron chi connectivity index (χ3n) is 17.2. The molecule has 15 rings (SSSR count). The molecule has 0 bridgehead atoms. The number of hydrogen-bond acceptors (Lipinski definition) is 22. The molecule has 0 radical (unpaired) electrons. The number of rotatable bonds is 6. The number of piperidine rings is 2. The number of benzene rings is 6. The first-order chi connectivity index (χ1) is 49.4. The molecule has 15 N–H and O–H groups in total. The van der Waals surface area contributed by atoms with E-state index < -0.39 is 0 Å². The number of nitrogens with zero attached hydrogens (tertiary/aromatic N) is 10. The van der Waals surface area contributed by atoms with E-state index in [-0.39, 0.29) is 76.2 Å². The predicted molar refractivity (Wildman–Crippen MR) is 416 cm³/mol. The van der Waals surface area contributed by atoms with Crippen molar-refractivity contribution in [1.82, 2.24) is 39.9 Å². The smallest absolute Gasteiger partial charge is 0.399 e. The van der Waals surface area contributed by atoms with E-state index in [1.165, 1.54) is 18.1 Å². The fourth-order valence-corrected chi connectivity index (χ4v) is 11.6. The Kier molecular flexibility index (Phi) is 26.8. The van der Waals surface area contributed by atoms with E-state index in [2.05, 4.69) is 72.8 Å². The maximum Gasteiger partial charge on any atom is 0.496 e. The highest BCUT2D eigenvalue weighted by atomic mass is 35.5. The highest BCUT2D eigenvalue weighted by Gasteiger charge is 2.52. The van der Waals surface area contributed by atoms with Gasteiger partial charge in [-0.1, -0.05) is 98.2 Å². The third-order valence-corrected chi connectivity index (χ3v) is 18.1. The first kappa shape index (κ1) is 77.2. The summed E-state index contributed by atoms with van der Waals surface area (Å²) in [6.07, 6.45) is 9.73. The van der Waals surface area contributed by atoms with Gasteiger partial charge in [0, 0.05) is 106 Å². The summed E-state index contributed by atoms with van der Waals surface area (Å²) >= 11 is 22.3. The Balaban J connectivity index is 0.000000149. The van der Waals surface area contributed by atoms with Crippen LogP contribution in [0.25, 0.3) is 33.8 Å². The summed E-state index contributed by atoms with van der Waals surface area (Å²) in [6, 6.07) is 46.2. The average Bonchev–Trinajstić information content (AvgIpc) is 1.64. The molecule has 0 spiro atoms. The van der Waals surface area contributed by atoms with E-state index in [0.717, 1.165) is 125 Å². The van der Waals surface area contributed by atoms with Gasteiger partial charge in [0.25, 0.3) is 0 Å². The number of amides is 2. The number of hydrogen-bond donors (Lipinski definition) is 10. The number of fused-ring (bicyclic) bond motifs is 6. The van der Waals surface area contributed by atoms with Crippen LogP contribution in [0.15, 0.2) is 170 Å². The van der Waals surface area contributed by atoms with Crippen molar-refractivity contribution >= 4 is 134 Å². The molecule has 29 heteroatoms. The van der Waals surface area contributed by atoms with Gasteiger partial charge in [0.15, 0.2) is 5.15 Å². The molecule has 0 atom stereocenters. The van der Waals surface area contributed by atoms with Crippen LogP contribution in [-0.4, -0.2) is 119 Å². The van der Waals surface area contributed by atoms with Crippen molar-refractivity contribution in [2.24, 2.45) is 0 Å². The lowest BCUT2D eigenvalue weighted by Gasteiger charge is -2.32. The molecule has 5 aliphatic rings. The molecule has 2 amide bonds. The zero-order valence-electron chi connectivity index (χ0n) is 57.9. The summed E-state index contributed by atoms with van der Waals surface area (Å²) in [5.74, 6) is 0.361. The molecule has 3 saturated heterocycles. The highest BCUT2D eigenvalue weighted by Crippen LogP contribution is 2.38. The van der Waals surface area contributed by atoms with E-state index >= 15 is 0 Å². The number of para-hydroxylation sites is 4. The number of halogens is 4. The van der Waals surface area contributed by atoms with Crippen molar-refractivity contribution in [3.8, 4) is 33.8 Å². The first-order valence-corrected chi connectivity index (χ1v) is 34.9. The maximum atomic E-state index is 12.2. The summed E-state index contributed by atoms with van der Waals surface area (Å²) in [5, 5.41) is 28.7. The summed E-state index contributed by atoms with van der Waals surface area (Å²) in [6.45, 7) is 15.7. The molecule has 3 fully saturated rings. The Labute approximate surface area is 619 Å². The fourth-order valence-electron chi connectivity index (χ4n) is 11.1. The quantitative estimate of drug-likeness (QED) is 0.0320. The van der Waals surface area contributed by atoms with Gasteiger partial charge in [-0.15, -0.1) is 0 Å². The van der Waals surface area contributed by atoms with Crippen LogP contribution in [0.2, 0.25) is 21.0 Å². The van der Waals surface area contributed by atoms with Gasteiger partial charge in [-0.25, -0.2) is 39.9 Å². The van der Waals surface area contributed by atoms with Gasteiger partial charge in [-0.3, -0.25) is 9.59 Å². The summed E-state index contributed by atoms with van der Waals surface area (Å²) in [7, 11) is -0.369. The van der Waals surface area contributed by atoms with Crippen molar-refractivity contribution in [2.75, 3.05) is 80.6 Å². The van der Waals surface area contributed by atoms with Crippen LogP contribution in [0.5, 0.6) is 0 Å². The Morgan fingerprint density at radius 3 is 1.40 bits per heavy atom. The average molecular weight is 1470 g/mol. The van der Waals surface area contributed by atoms with Crippen molar-refractivity contribution in [2.45, 2.75) is 103 Å². The van der Waals surface area contributed by atoms with Gasteiger partial charge in [-0.05, 0) is 161 Å². The lowest BCUT2D eigenvalue weighted by Crippen LogP contribution is -2.41. The van der Waals surface area contributed by atoms with Crippen LogP contribution >= 0.6 is 46.4 Å². The molecular formula is C74H83BCl4N18O6. The lowest BCUT2D eigenvalue weighted by molar-refractivity contribution is -0.116. The van der Waals surface area contributed by atoms with Crippen molar-refractivity contribution in [3.63, 3.8) is 0 Å². The number of aromatic nitrogens is 8. The highest BCUT2D eigenvalue weighted by molar-refractivity contribution is 6.63. The van der Waals surface area contributed by atoms with Crippen LogP contribution in [0.3, 0.4) is 0 Å². The second-order valence-corrected chi connectivity index (χ2v) is 26.3. The van der Waals surface area contributed by atoms with Crippen molar-refractivity contribution in [3.05, 3.63) is 203 Å². The van der Waals surface area contributed by atoms with Gasteiger partial charge < -0.3 is 73.9 Å². The Hall–Kier alpha value is -9.96. The number of carbonyl (C=O) groups is 2. The number of aliphatic hydroxyl groups is 2. The SMILES string of the molecule is CC.CC1(C)OB(c2ccccc2N)OC1(C)C.Nc1ccc(N2CCC(O)CC2)cc1.Nc1ccccc1-c1nc(Cl)ncc1N.Nc1cnc(Cl)nc1Cl.O=C1Cc2cnc(Cl)nc2-c2ccccc2N1.O=C1Cc2cnc(Nc3ccc(N4CCC(O)CC4)cc3)nc2-c2ccccc2N1. The molecule has 10 aromatic rings. The molecule has 6 aromatic carbocycles. The zero-order chi connectivity index (χ0) is 74.0. The van der Waals surface area contributed by atoms with Crippen LogP contribution in [-0.2, 0) is 31.7 Å². The Bertz CT molecular complexity index is 4500. The number of anilines is 11. The third kappa shape index (κ3) is 20.9. The Morgan fingerprint density at radius 1 is 0.485 bits per heavy atom. The minimum atomic E-state index is -0.369. The molecule has 9 heterocycles. The lowest BCUT2D eigenvalue weighted by atomic mass is 9.78. The molecule has 0 saturated carbocycles. The van der Waals surface area contributed by atoms with Crippen LogP contribution in [0, 0.1) is 0 Å². The molecule has 103 heavy (non-hydrogen) atoms. The second kappa shape index (κ2) is 35.8. The molecule has 0 aliphatic carbocycles. The van der Waals surface area contributed by atoms with E-state index in [1.54, 1.807) is 18.5 Å². The number of nitrogens with two attached hydrogens (primary N) is 5. The molecule has 0 unspecified atom stereocenters. The van der Waals surface area contributed by atoms with E-state index in [0.29, 0.717) is 34.4 Å². The number of nitrogen functional groups attached to an aromatic ring is 5. The Morgan fingerprint density at radius 2 is 0.903 bits per heavy atom. The predicted octanol–water partition coefficient (Wildman–Crippen LogP) is 12.8. The standard InChI is InChI=1S/C23H23N5O2.C12H18BNO2.C12H8ClN3O.C11H16N2O.C10H9ClN4.C4H3Cl2N3.C2H6/c29-18-9-11-28(12-10-18)17-7-5-16(6-8-17)25-23-24-14-15-13-21(30)26-20-4-2-1-3-19(20)22(15)27-23;1-11(2)12(3,4)16-13(15-11)9-7-5-6-8-10(9)14;13-12-14-6-7-5-10(17)15-9-4-2-1-3-8(9)11(7)16-12;12-9-1-3-10(4-2-9)13-7-5-11(14)6-8-13;11-10-14-5-8(13)9(15-10)6-3-1-2-4-7(6)12;5-3-2(7)1-8-4(6)9-3;1-2/h1-8,14,18,29H,9-13H2,(H,26,30)(H,24,25,27);5-8H,14H2,1-4H3;1-4,6H,5H2,(H,15,17);1-4,11,14H,5-8,12H2;1-5H,12-13H2;1H,7H2;1-2H3. The van der Waals surface area contributed by atoms with Gasteiger partial charge in [0.1, 0.15) is 5.69 Å². The van der Waals surface area contributed by atoms with Crippen molar-refractivity contribution < 1.29 is 29.1 Å². The molecule has 536 valence electrons. The van der Waals surface area contributed by atoms with Crippen LogP contribution in [0.1, 0.15) is 78.4 Å². The number of carbonyl (C=O) groups excluding carboxylic acids is 2. The molecule has 4 aromatic heterocycles. The minimum Gasteiger partial charge on any atom is -0.399 e.